The van der Waals surface area contributed by atoms with Crippen molar-refractivity contribution in [1.29, 1.82) is 0 Å². The fourth-order valence-electron chi connectivity index (χ4n) is 4.21. The summed E-state index contributed by atoms with van der Waals surface area (Å²) in [6.45, 7) is 2.73. The first kappa shape index (κ1) is 25.3. The molecule has 0 radical (unpaired) electrons. The van der Waals surface area contributed by atoms with Crippen molar-refractivity contribution in [2.75, 3.05) is 33.9 Å². The summed E-state index contributed by atoms with van der Waals surface area (Å²) in [5.74, 6) is 0.433. The number of methoxy groups -OCH3 is 2. The quantitative estimate of drug-likeness (QED) is 0.427. The summed E-state index contributed by atoms with van der Waals surface area (Å²) in [4.78, 5) is 33.3. The fraction of sp³-hybridized carbons (Fsp3) is 0.321. The number of esters is 1. The summed E-state index contributed by atoms with van der Waals surface area (Å²) >= 11 is 0. The summed E-state index contributed by atoms with van der Waals surface area (Å²) < 4.78 is 16.4. The zero-order valence-electron chi connectivity index (χ0n) is 20.6. The van der Waals surface area contributed by atoms with Crippen LogP contribution >= 0.6 is 0 Å². The van der Waals surface area contributed by atoms with Crippen molar-refractivity contribution >= 4 is 11.9 Å². The summed E-state index contributed by atoms with van der Waals surface area (Å²) in [6, 6.07) is 20.7. The summed E-state index contributed by atoms with van der Waals surface area (Å²) in [5.41, 5.74) is 3.34. The van der Waals surface area contributed by atoms with E-state index in [0.29, 0.717) is 38.3 Å². The molecule has 1 unspecified atom stereocenters. The van der Waals surface area contributed by atoms with Crippen LogP contribution in [-0.4, -0.2) is 66.6 Å². The van der Waals surface area contributed by atoms with Gasteiger partial charge in [-0.1, -0.05) is 30.3 Å². The maximum Gasteiger partial charge on any atom is 0.337 e. The van der Waals surface area contributed by atoms with E-state index in [1.54, 1.807) is 25.4 Å². The SMILES string of the molecule is COC(=O)c1ccc(CN2CC(=O)N(Cc3ccccn3)CC(OCc3cccc(OC)c3)C2)cc1. The molecule has 8 heteroatoms. The topological polar surface area (TPSA) is 81.2 Å². The van der Waals surface area contributed by atoms with Gasteiger partial charge in [0.2, 0.25) is 5.91 Å². The van der Waals surface area contributed by atoms with Gasteiger partial charge in [-0.25, -0.2) is 4.79 Å². The van der Waals surface area contributed by atoms with E-state index < -0.39 is 0 Å². The Bertz CT molecular complexity index is 1150. The predicted octanol–water partition coefficient (Wildman–Crippen LogP) is 3.31. The standard InChI is InChI=1S/C28H31N3O5/c1-34-25-8-5-6-22(14-25)20-36-26-17-30(15-21-9-11-23(12-10-21)28(33)35-2)19-27(32)31(18-26)16-24-7-3-4-13-29-24/h3-14,26H,15-20H2,1-2H3. The van der Waals surface area contributed by atoms with Crippen LogP contribution in [0.3, 0.4) is 0 Å². The van der Waals surface area contributed by atoms with Crippen molar-refractivity contribution in [2.24, 2.45) is 0 Å². The van der Waals surface area contributed by atoms with Gasteiger partial charge in [-0.05, 0) is 47.5 Å². The first-order valence-corrected chi connectivity index (χ1v) is 11.9. The zero-order valence-corrected chi connectivity index (χ0v) is 20.6. The second-order valence-corrected chi connectivity index (χ2v) is 8.74. The summed E-state index contributed by atoms with van der Waals surface area (Å²) in [6.07, 6.45) is 1.54. The molecule has 188 valence electrons. The Morgan fingerprint density at radius 1 is 0.972 bits per heavy atom. The Balaban J connectivity index is 1.48. The minimum Gasteiger partial charge on any atom is -0.497 e. The Morgan fingerprint density at radius 3 is 2.53 bits per heavy atom. The van der Waals surface area contributed by atoms with Gasteiger partial charge in [0.1, 0.15) is 5.75 Å². The number of benzene rings is 2. The third-order valence-corrected chi connectivity index (χ3v) is 6.08. The van der Waals surface area contributed by atoms with E-state index in [1.807, 2.05) is 59.5 Å². The first-order chi connectivity index (χ1) is 17.5. The Morgan fingerprint density at radius 2 is 1.81 bits per heavy atom. The molecule has 1 aliphatic heterocycles. The van der Waals surface area contributed by atoms with Gasteiger partial charge < -0.3 is 19.1 Å². The third-order valence-electron chi connectivity index (χ3n) is 6.08. The van der Waals surface area contributed by atoms with Crippen LogP contribution < -0.4 is 4.74 Å². The predicted molar refractivity (Wildman–Crippen MR) is 134 cm³/mol. The molecule has 0 N–H and O–H groups in total. The minimum atomic E-state index is -0.373. The number of amides is 1. The number of hydrogen-bond donors (Lipinski definition) is 0. The number of nitrogens with zero attached hydrogens (tertiary/aromatic N) is 3. The molecule has 1 aliphatic rings. The normalized spacial score (nSPS) is 16.4. The summed E-state index contributed by atoms with van der Waals surface area (Å²) in [7, 11) is 3.00. The lowest BCUT2D eigenvalue weighted by molar-refractivity contribution is -0.132. The van der Waals surface area contributed by atoms with Gasteiger partial charge in [-0.2, -0.15) is 0 Å². The molecular weight excluding hydrogens is 458 g/mol. The van der Waals surface area contributed by atoms with Crippen LogP contribution in [0, 0.1) is 0 Å². The van der Waals surface area contributed by atoms with Crippen LogP contribution in [0.5, 0.6) is 5.75 Å². The van der Waals surface area contributed by atoms with E-state index in [0.717, 1.165) is 22.6 Å². The van der Waals surface area contributed by atoms with Gasteiger partial charge in [-0.3, -0.25) is 14.7 Å². The molecule has 4 rings (SSSR count). The number of hydrogen-bond acceptors (Lipinski definition) is 7. The third kappa shape index (κ3) is 6.90. The van der Waals surface area contributed by atoms with Gasteiger partial charge in [0, 0.05) is 25.8 Å². The van der Waals surface area contributed by atoms with E-state index in [2.05, 4.69) is 9.88 Å². The largest absolute Gasteiger partial charge is 0.497 e. The fourth-order valence-corrected chi connectivity index (χ4v) is 4.21. The molecule has 36 heavy (non-hydrogen) atoms. The monoisotopic (exact) mass is 489 g/mol. The second-order valence-electron chi connectivity index (χ2n) is 8.74. The Labute approximate surface area is 211 Å². The van der Waals surface area contributed by atoms with Crippen molar-refractivity contribution in [3.05, 3.63) is 95.3 Å². The van der Waals surface area contributed by atoms with Crippen LogP contribution in [0.4, 0.5) is 0 Å². The molecule has 2 heterocycles. The van der Waals surface area contributed by atoms with Crippen molar-refractivity contribution in [2.45, 2.75) is 25.8 Å². The highest BCUT2D eigenvalue weighted by Gasteiger charge is 2.29. The molecule has 3 aromatic rings. The maximum atomic E-state index is 13.2. The van der Waals surface area contributed by atoms with E-state index >= 15 is 0 Å². The molecule has 0 aliphatic carbocycles. The van der Waals surface area contributed by atoms with E-state index in [9.17, 15) is 9.59 Å². The summed E-state index contributed by atoms with van der Waals surface area (Å²) in [5, 5.41) is 0. The first-order valence-electron chi connectivity index (χ1n) is 11.9. The van der Waals surface area contributed by atoms with Gasteiger partial charge in [0.15, 0.2) is 0 Å². The molecule has 1 saturated heterocycles. The number of aromatic nitrogens is 1. The van der Waals surface area contributed by atoms with E-state index in [4.69, 9.17) is 14.2 Å². The number of pyridine rings is 1. The van der Waals surface area contributed by atoms with Crippen molar-refractivity contribution in [3.8, 4) is 5.75 Å². The van der Waals surface area contributed by atoms with Crippen LogP contribution in [0.2, 0.25) is 0 Å². The minimum absolute atomic E-state index is 0.0271. The molecule has 0 bridgehead atoms. The molecule has 8 nitrogen and oxygen atoms in total. The average Bonchev–Trinajstić information content (AvgIpc) is 3.05. The maximum absolute atomic E-state index is 13.2. The van der Waals surface area contributed by atoms with Crippen LogP contribution in [0.15, 0.2) is 72.9 Å². The van der Waals surface area contributed by atoms with Gasteiger partial charge in [-0.15, -0.1) is 0 Å². The molecule has 2 aromatic carbocycles. The van der Waals surface area contributed by atoms with Crippen LogP contribution in [0.25, 0.3) is 0 Å². The lowest BCUT2D eigenvalue weighted by atomic mass is 10.1. The van der Waals surface area contributed by atoms with E-state index in [1.165, 1.54) is 7.11 Å². The molecule has 0 saturated carbocycles. The second kappa shape index (κ2) is 12.3. The van der Waals surface area contributed by atoms with Crippen LogP contribution in [0.1, 0.15) is 27.2 Å². The van der Waals surface area contributed by atoms with Crippen LogP contribution in [-0.2, 0) is 34.0 Å². The number of rotatable bonds is 9. The van der Waals surface area contributed by atoms with Gasteiger partial charge in [0.05, 0.1) is 51.3 Å². The number of carbonyl (C=O) groups is 2. The molecule has 0 spiro atoms. The number of carbonyl (C=O) groups excluding carboxylic acids is 2. The highest BCUT2D eigenvalue weighted by atomic mass is 16.5. The molecule has 1 fully saturated rings. The average molecular weight is 490 g/mol. The van der Waals surface area contributed by atoms with Crippen molar-refractivity contribution in [1.82, 2.24) is 14.8 Å². The van der Waals surface area contributed by atoms with Gasteiger partial charge >= 0.3 is 5.97 Å². The number of ether oxygens (including phenoxy) is 3. The zero-order chi connectivity index (χ0) is 25.3. The molecule has 1 amide bonds. The highest BCUT2D eigenvalue weighted by Crippen LogP contribution is 2.18. The van der Waals surface area contributed by atoms with E-state index in [-0.39, 0.29) is 24.5 Å². The molecule has 1 atom stereocenters. The van der Waals surface area contributed by atoms with Crippen molar-refractivity contribution < 1.29 is 23.8 Å². The smallest absolute Gasteiger partial charge is 0.337 e. The molecule has 1 aromatic heterocycles. The van der Waals surface area contributed by atoms with Gasteiger partial charge in [0.25, 0.3) is 0 Å². The Kier molecular flexibility index (Phi) is 8.65. The highest BCUT2D eigenvalue weighted by molar-refractivity contribution is 5.89. The lowest BCUT2D eigenvalue weighted by Gasteiger charge is -2.25. The Hall–Kier alpha value is -3.75. The lowest BCUT2D eigenvalue weighted by Crippen LogP contribution is -2.37. The molecular formula is C28H31N3O5. The van der Waals surface area contributed by atoms with Crippen molar-refractivity contribution in [3.63, 3.8) is 0 Å².